The first kappa shape index (κ1) is 15.2. The van der Waals surface area contributed by atoms with E-state index in [1.54, 1.807) is 18.2 Å². The van der Waals surface area contributed by atoms with Gasteiger partial charge in [0.25, 0.3) is 11.8 Å². The molecule has 1 aliphatic heterocycles. The molecule has 25 heavy (non-hydrogen) atoms. The number of hydrogen-bond donors (Lipinski definition) is 1. The number of nitrogens with zero attached hydrogens (tertiary/aromatic N) is 1. The van der Waals surface area contributed by atoms with Gasteiger partial charge in [-0.25, -0.2) is 0 Å². The van der Waals surface area contributed by atoms with Crippen LogP contribution in [0.15, 0.2) is 59.0 Å². The lowest BCUT2D eigenvalue weighted by atomic mass is 10.00. The summed E-state index contributed by atoms with van der Waals surface area (Å²) >= 11 is 0. The minimum atomic E-state index is -0.434. The highest BCUT2D eigenvalue weighted by molar-refractivity contribution is 6.48. The van der Waals surface area contributed by atoms with Crippen LogP contribution >= 0.6 is 0 Å². The number of fused-ring (bicyclic) bond motifs is 1. The first-order valence-corrected chi connectivity index (χ1v) is 7.91. The fourth-order valence-electron chi connectivity index (χ4n) is 2.99. The molecule has 2 aromatic carbocycles. The molecule has 0 saturated carbocycles. The van der Waals surface area contributed by atoms with Crippen LogP contribution in [0.1, 0.15) is 11.3 Å². The van der Waals surface area contributed by atoms with E-state index in [9.17, 15) is 9.59 Å². The molecule has 3 aromatic rings. The third kappa shape index (κ3) is 2.50. The number of anilines is 1. The number of amides is 2. The Balaban J connectivity index is 1.91. The molecule has 0 spiro atoms. The van der Waals surface area contributed by atoms with Gasteiger partial charge in [-0.1, -0.05) is 30.3 Å². The molecule has 2 heterocycles. The lowest BCUT2D eigenvalue weighted by molar-refractivity contribution is -0.122. The van der Waals surface area contributed by atoms with Gasteiger partial charge in [0.05, 0.1) is 11.1 Å². The monoisotopic (exact) mass is 332 g/mol. The Morgan fingerprint density at radius 1 is 0.880 bits per heavy atom. The third-order valence-electron chi connectivity index (χ3n) is 4.26. The smallest absolute Gasteiger partial charge is 0.262 e. The zero-order valence-electron chi connectivity index (χ0n) is 13.9. The van der Waals surface area contributed by atoms with Crippen LogP contribution in [0.3, 0.4) is 0 Å². The van der Waals surface area contributed by atoms with E-state index in [1.807, 2.05) is 55.4 Å². The number of nitrogens with one attached hydrogen (secondary N) is 1. The number of carbonyl (C=O) groups is 2. The topological polar surface area (TPSA) is 62.6 Å². The van der Waals surface area contributed by atoms with Crippen LogP contribution in [-0.2, 0) is 9.59 Å². The van der Waals surface area contributed by atoms with E-state index >= 15 is 0 Å². The Kier molecular flexibility index (Phi) is 3.42. The number of carbonyl (C=O) groups excluding carboxylic acids is 2. The average Bonchev–Trinajstić information content (AvgIpc) is 3.14. The molecule has 0 fully saturated rings. The quantitative estimate of drug-likeness (QED) is 0.749. The zero-order chi connectivity index (χ0) is 17.6. The predicted molar refractivity (Wildman–Crippen MR) is 96.9 cm³/mol. The molecule has 0 bridgehead atoms. The Morgan fingerprint density at radius 3 is 2.32 bits per heavy atom. The van der Waals surface area contributed by atoms with Crippen molar-refractivity contribution < 1.29 is 14.0 Å². The fraction of sp³-hybridized carbons (Fsp3) is 0.100. The number of rotatable bonds is 3. The largest absolute Gasteiger partial charge is 0.456 e. The summed E-state index contributed by atoms with van der Waals surface area (Å²) in [4.78, 5) is 26.6. The van der Waals surface area contributed by atoms with E-state index in [2.05, 4.69) is 5.32 Å². The van der Waals surface area contributed by atoms with Crippen molar-refractivity contribution in [2.45, 2.75) is 0 Å². The van der Waals surface area contributed by atoms with Gasteiger partial charge in [-0.2, -0.15) is 0 Å². The van der Waals surface area contributed by atoms with Crippen LogP contribution in [0.25, 0.3) is 22.1 Å². The Labute approximate surface area is 144 Å². The molecule has 1 N–H and O–H groups in total. The molecule has 5 nitrogen and oxygen atoms in total. The van der Waals surface area contributed by atoms with E-state index in [4.69, 9.17) is 4.42 Å². The van der Waals surface area contributed by atoms with Crippen LogP contribution in [0.4, 0.5) is 5.69 Å². The molecule has 0 aliphatic carbocycles. The first-order valence-electron chi connectivity index (χ1n) is 7.91. The molecule has 0 saturated heterocycles. The lowest BCUT2D eigenvalue weighted by Gasteiger charge is -2.11. The molecule has 5 heteroatoms. The summed E-state index contributed by atoms with van der Waals surface area (Å²) in [5, 5.41) is 3.25. The van der Waals surface area contributed by atoms with Crippen molar-refractivity contribution in [3.63, 3.8) is 0 Å². The Morgan fingerprint density at radius 2 is 1.60 bits per heavy atom. The van der Waals surface area contributed by atoms with Gasteiger partial charge in [-0.3, -0.25) is 14.9 Å². The summed E-state index contributed by atoms with van der Waals surface area (Å²) in [5.74, 6) is -0.440. The highest BCUT2D eigenvalue weighted by atomic mass is 16.3. The standard InChI is InChI=1S/C20H16N2O3/c1-22(2)14-9-8-13-10-16(25-15(13)11-14)18-17(19(23)21-20(18)24)12-6-4-3-5-7-12/h3-11H,1-2H3,(H,21,23,24). The molecule has 0 radical (unpaired) electrons. The lowest BCUT2D eigenvalue weighted by Crippen LogP contribution is -2.22. The van der Waals surface area contributed by atoms with Gasteiger partial charge in [0, 0.05) is 31.2 Å². The maximum Gasteiger partial charge on any atom is 0.262 e. The highest BCUT2D eigenvalue weighted by Gasteiger charge is 2.34. The summed E-state index contributed by atoms with van der Waals surface area (Å²) in [6.45, 7) is 0. The van der Waals surface area contributed by atoms with Crippen molar-refractivity contribution in [3.05, 3.63) is 65.9 Å². The average molecular weight is 332 g/mol. The zero-order valence-corrected chi connectivity index (χ0v) is 13.9. The number of furan rings is 1. The molecule has 124 valence electrons. The van der Waals surface area contributed by atoms with Gasteiger partial charge in [-0.05, 0) is 23.8 Å². The molecular weight excluding hydrogens is 316 g/mol. The van der Waals surface area contributed by atoms with Crippen molar-refractivity contribution in [1.82, 2.24) is 5.32 Å². The minimum Gasteiger partial charge on any atom is -0.456 e. The van der Waals surface area contributed by atoms with Gasteiger partial charge < -0.3 is 9.32 Å². The number of imide groups is 1. The Hall–Kier alpha value is -3.34. The minimum absolute atomic E-state index is 0.277. The van der Waals surface area contributed by atoms with Crippen LogP contribution < -0.4 is 10.2 Å². The number of hydrogen-bond acceptors (Lipinski definition) is 4. The van der Waals surface area contributed by atoms with Crippen LogP contribution in [-0.4, -0.2) is 25.9 Å². The maximum absolute atomic E-state index is 12.4. The van der Waals surface area contributed by atoms with Gasteiger partial charge in [-0.15, -0.1) is 0 Å². The second-order valence-corrected chi connectivity index (χ2v) is 6.13. The molecule has 1 aliphatic rings. The molecule has 4 rings (SSSR count). The second kappa shape index (κ2) is 5.63. The molecule has 2 amide bonds. The maximum atomic E-state index is 12.4. The van der Waals surface area contributed by atoms with E-state index in [0.29, 0.717) is 22.5 Å². The van der Waals surface area contributed by atoms with Gasteiger partial charge in [0.1, 0.15) is 11.3 Å². The van der Waals surface area contributed by atoms with Crippen LogP contribution in [0.5, 0.6) is 0 Å². The van der Waals surface area contributed by atoms with Crippen LogP contribution in [0, 0.1) is 0 Å². The summed E-state index contributed by atoms with van der Waals surface area (Å²) < 4.78 is 5.92. The summed E-state index contributed by atoms with van der Waals surface area (Å²) in [7, 11) is 3.90. The first-order chi connectivity index (χ1) is 12.0. The van der Waals surface area contributed by atoms with Crippen molar-refractivity contribution >= 4 is 39.6 Å². The van der Waals surface area contributed by atoms with Crippen molar-refractivity contribution in [2.24, 2.45) is 0 Å². The fourth-order valence-corrected chi connectivity index (χ4v) is 2.99. The van der Waals surface area contributed by atoms with E-state index < -0.39 is 11.8 Å². The van der Waals surface area contributed by atoms with Crippen molar-refractivity contribution in [1.29, 1.82) is 0 Å². The van der Waals surface area contributed by atoms with E-state index in [1.165, 1.54) is 0 Å². The van der Waals surface area contributed by atoms with E-state index in [-0.39, 0.29) is 5.57 Å². The SMILES string of the molecule is CN(C)c1ccc2cc(C3=C(c4ccccc4)C(=O)NC3=O)oc2c1. The molecular formula is C20H16N2O3. The highest BCUT2D eigenvalue weighted by Crippen LogP contribution is 2.34. The predicted octanol–water partition coefficient (Wildman–Crippen LogP) is 3.07. The Bertz CT molecular complexity index is 1030. The summed E-state index contributed by atoms with van der Waals surface area (Å²) in [6, 6.07) is 16.8. The van der Waals surface area contributed by atoms with Gasteiger partial charge in [0.2, 0.25) is 0 Å². The molecule has 0 unspecified atom stereocenters. The second-order valence-electron chi connectivity index (χ2n) is 6.13. The van der Waals surface area contributed by atoms with Crippen molar-refractivity contribution in [2.75, 3.05) is 19.0 Å². The number of benzene rings is 2. The third-order valence-corrected chi connectivity index (χ3v) is 4.26. The van der Waals surface area contributed by atoms with Gasteiger partial charge >= 0.3 is 0 Å². The molecule has 1 aromatic heterocycles. The summed E-state index contributed by atoms with van der Waals surface area (Å²) in [5.41, 5.74) is 2.98. The molecule has 0 atom stereocenters. The normalized spacial score (nSPS) is 14.3. The summed E-state index contributed by atoms with van der Waals surface area (Å²) in [6.07, 6.45) is 0. The van der Waals surface area contributed by atoms with Crippen molar-refractivity contribution in [3.8, 4) is 0 Å². The van der Waals surface area contributed by atoms with Crippen LogP contribution in [0.2, 0.25) is 0 Å². The van der Waals surface area contributed by atoms with E-state index in [0.717, 1.165) is 11.1 Å². The van der Waals surface area contributed by atoms with Gasteiger partial charge in [0.15, 0.2) is 0 Å².